The van der Waals surface area contributed by atoms with Crippen LogP contribution in [-0.2, 0) is 16.5 Å². The third-order valence-corrected chi connectivity index (χ3v) is 5.47. The molecule has 7 nitrogen and oxygen atoms in total. The first-order valence-electron chi connectivity index (χ1n) is 8.86. The minimum atomic E-state index is -2.48. The molecule has 0 aliphatic carbocycles. The molecule has 3 aromatic rings. The van der Waals surface area contributed by atoms with Crippen molar-refractivity contribution in [1.29, 1.82) is 0 Å². The van der Waals surface area contributed by atoms with E-state index < -0.39 is 16.8 Å². The maximum Gasteiger partial charge on any atom is 0.222 e. The van der Waals surface area contributed by atoms with Crippen molar-refractivity contribution in [3.8, 4) is 11.3 Å². The molecule has 0 fully saturated rings. The molecule has 0 aliphatic heterocycles. The quantitative estimate of drug-likeness (QED) is 0.424. The molecule has 0 spiro atoms. The molecule has 2 aromatic carbocycles. The fourth-order valence-corrected chi connectivity index (χ4v) is 3.58. The van der Waals surface area contributed by atoms with Gasteiger partial charge in [-0.15, -0.1) is 0 Å². The van der Waals surface area contributed by atoms with E-state index in [2.05, 4.69) is 15.3 Å². The van der Waals surface area contributed by atoms with Gasteiger partial charge in [-0.05, 0) is 29.7 Å². The van der Waals surface area contributed by atoms with Gasteiger partial charge in [-0.25, -0.2) is 13.4 Å². The Hall–Kier alpha value is -2.68. The van der Waals surface area contributed by atoms with Crippen molar-refractivity contribution in [3.05, 3.63) is 70.2 Å². The largest absolute Gasteiger partial charge is 0.387 e. The van der Waals surface area contributed by atoms with Gasteiger partial charge in [0.2, 0.25) is 5.95 Å². The summed E-state index contributed by atoms with van der Waals surface area (Å²) in [4.78, 5) is 8.45. The second kappa shape index (κ2) is 9.21. The van der Waals surface area contributed by atoms with Crippen LogP contribution in [0.4, 0.5) is 11.8 Å². The Morgan fingerprint density at radius 3 is 2.59 bits per heavy atom. The zero-order chi connectivity index (χ0) is 21.0. The third kappa shape index (κ3) is 5.44. The van der Waals surface area contributed by atoms with Crippen LogP contribution in [0.5, 0.6) is 0 Å². The molecule has 3 rings (SSSR count). The van der Waals surface area contributed by atoms with E-state index >= 15 is 0 Å². The second-order valence-corrected chi connectivity index (χ2v) is 7.93. The minimum Gasteiger partial charge on any atom is -0.387 e. The summed E-state index contributed by atoms with van der Waals surface area (Å²) >= 11 is 6.20. The molecule has 152 valence electrons. The van der Waals surface area contributed by atoms with E-state index in [9.17, 15) is 13.5 Å². The maximum atomic E-state index is 10.8. The van der Waals surface area contributed by atoms with E-state index in [1.807, 2.05) is 19.1 Å². The predicted octanol–water partition coefficient (Wildman–Crippen LogP) is 2.94. The van der Waals surface area contributed by atoms with Crippen LogP contribution in [0, 0.1) is 6.92 Å². The summed E-state index contributed by atoms with van der Waals surface area (Å²) in [6, 6.07) is 14.1. The molecule has 4 N–H and O–H groups in total. The number of hydrogen-bond acceptors (Lipinski definition) is 7. The molecule has 1 heterocycles. The number of halogens is 1. The first-order chi connectivity index (χ1) is 13.8. The fraction of sp³-hybridized carbons (Fsp3) is 0.200. The molecule has 0 radical (unpaired) electrons. The number of aliphatic hydroxyl groups excluding tert-OH is 1. The number of thiol groups is 1. The first-order valence-corrected chi connectivity index (χ1v) is 10.6. The highest BCUT2D eigenvalue weighted by atomic mass is 35.5. The normalized spacial score (nSPS) is 12.1. The van der Waals surface area contributed by atoms with E-state index in [0.717, 1.165) is 11.1 Å². The van der Waals surface area contributed by atoms with Crippen molar-refractivity contribution < 1.29 is 13.5 Å². The molecule has 0 saturated heterocycles. The molecular formula is C20H21ClN4O3S. The van der Waals surface area contributed by atoms with Crippen LogP contribution in [0.25, 0.3) is 11.3 Å². The molecular weight excluding hydrogens is 412 g/mol. The van der Waals surface area contributed by atoms with Gasteiger partial charge in [-0.2, -0.15) is 4.98 Å². The Labute approximate surface area is 175 Å². The van der Waals surface area contributed by atoms with Gasteiger partial charge in [0.15, 0.2) is 0 Å². The topological polar surface area (TPSA) is 118 Å². The number of hydrogen-bond donors (Lipinski definition) is 4. The van der Waals surface area contributed by atoms with Crippen LogP contribution in [0.3, 0.4) is 0 Å². The lowest BCUT2D eigenvalue weighted by Crippen LogP contribution is -2.14. The van der Waals surface area contributed by atoms with Crippen molar-refractivity contribution in [2.75, 3.05) is 17.6 Å². The Bertz CT molecular complexity index is 1080. The van der Waals surface area contributed by atoms with Gasteiger partial charge in [-0.1, -0.05) is 48.0 Å². The minimum absolute atomic E-state index is 0.0180. The van der Waals surface area contributed by atoms with Gasteiger partial charge in [0.1, 0.15) is 16.5 Å². The monoisotopic (exact) mass is 432 g/mol. The summed E-state index contributed by atoms with van der Waals surface area (Å²) in [7, 11) is -2.48. The van der Waals surface area contributed by atoms with Gasteiger partial charge in [0.05, 0.1) is 17.6 Å². The van der Waals surface area contributed by atoms with Crippen molar-refractivity contribution in [2.45, 2.75) is 18.8 Å². The number of nitrogen functional groups attached to an aromatic ring is 1. The van der Waals surface area contributed by atoms with Gasteiger partial charge >= 0.3 is 0 Å². The number of nitrogens with zero attached hydrogens (tertiary/aromatic N) is 2. The Morgan fingerprint density at radius 1 is 1.17 bits per heavy atom. The van der Waals surface area contributed by atoms with Crippen molar-refractivity contribution in [1.82, 2.24) is 9.97 Å². The Morgan fingerprint density at radius 2 is 1.90 bits per heavy atom. The second-order valence-electron chi connectivity index (χ2n) is 6.54. The fourth-order valence-electron chi connectivity index (χ4n) is 2.89. The summed E-state index contributed by atoms with van der Waals surface area (Å²) in [6.07, 6.45) is -0.808. The van der Waals surface area contributed by atoms with Crippen molar-refractivity contribution >= 4 is 34.1 Å². The van der Waals surface area contributed by atoms with Crippen molar-refractivity contribution in [2.24, 2.45) is 0 Å². The lowest BCUT2D eigenvalue weighted by Gasteiger charge is -2.14. The summed E-state index contributed by atoms with van der Waals surface area (Å²) < 4.78 is 21.6. The highest BCUT2D eigenvalue weighted by Crippen LogP contribution is 2.28. The number of rotatable bonds is 7. The zero-order valence-corrected chi connectivity index (χ0v) is 17.3. The smallest absolute Gasteiger partial charge is 0.222 e. The van der Waals surface area contributed by atoms with Crippen LogP contribution >= 0.6 is 11.6 Å². The van der Waals surface area contributed by atoms with Gasteiger partial charge in [0.25, 0.3) is 0 Å². The van der Waals surface area contributed by atoms with Gasteiger partial charge < -0.3 is 16.2 Å². The predicted molar refractivity (Wildman–Crippen MR) is 116 cm³/mol. The number of aromatic nitrogens is 2. The van der Waals surface area contributed by atoms with E-state index in [1.54, 1.807) is 36.4 Å². The van der Waals surface area contributed by atoms with Crippen LogP contribution in [-0.4, -0.2) is 30.0 Å². The highest BCUT2D eigenvalue weighted by Gasteiger charge is 2.12. The summed E-state index contributed by atoms with van der Waals surface area (Å²) in [5.41, 5.74) is 9.56. The number of aliphatic hydroxyl groups is 1. The molecule has 1 aromatic heterocycles. The molecule has 0 aliphatic rings. The molecule has 9 heteroatoms. The number of benzene rings is 2. The molecule has 0 saturated carbocycles. The number of nitrogens with one attached hydrogen (secondary N) is 1. The Kier molecular flexibility index (Phi) is 6.68. The number of nitrogens with two attached hydrogens (primary N) is 1. The standard InChI is InChI=1S/C20H21ClN4O3S/c1-12-15(3-2-4-16(12)21)17-9-19(25-20(22)24-17)23-10-18(26)14-7-5-13(6-8-14)11-29(27)28/h2-9,18,26,29H,10-11H2,1H3,(H3,22,23,24,25). The summed E-state index contributed by atoms with van der Waals surface area (Å²) in [6.45, 7) is 2.10. The highest BCUT2D eigenvalue weighted by molar-refractivity contribution is 7.71. The SMILES string of the molecule is Cc1c(Cl)cccc1-c1cc(NCC(O)c2ccc(C[SH](=O)=O)cc2)nc(N)n1. The third-order valence-electron chi connectivity index (χ3n) is 4.44. The van der Waals surface area contributed by atoms with E-state index in [-0.39, 0.29) is 18.2 Å². The lowest BCUT2D eigenvalue weighted by atomic mass is 10.1. The van der Waals surface area contributed by atoms with E-state index in [4.69, 9.17) is 17.3 Å². The van der Waals surface area contributed by atoms with E-state index in [0.29, 0.717) is 27.7 Å². The first kappa shape index (κ1) is 21.0. The molecule has 1 atom stereocenters. The lowest BCUT2D eigenvalue weighted by molar-refractivity contribution is 0.191. The van der Waals surface area contributed by atoms with Crippen LogP contribution in [0.1, 0.15) is 22.8 Å². The van der Waals surface area contributed by atoms with Gasteiger partial charge in [0, 0.05) is 23.2 Å². The average molecular weight is 433 g/mol. The zero-order valence-electron chi connectivity index (χ0n) is 15.7. The average Bonchev–Trinajstić information content (AvgIpc) is 2.68. The van der Waals surface area contributed by atoms with Gasteiger partial charge in [-0.3, -0.25) is 0 Å². The molecule has 29 heavy (non-hydrogen) atoms. The maximum absolute atomic E-state index is 10.8. The molecule has 0 amide bonds. The van der Waals surface area contributed by atoms with Crippen LogP contribution in [0.2, 0.25) is 5.02 Å². The Balaban J connectivity index is 1.73. The van der Waals surface area contributed by atoms with Crippen LogP contribution < -0.4 is 11.1 Å². The summed E-state index contributed by atoms with van der Waals surface area (Å²) in [5.74, 6) is 0.566. The number of anilines is 2. The van der Waals surface area contributed by atoms with E-state index in [1.165, 1.54) is 0 Å². The van der Waals surface area contributed by atoms with Crippen molar-refractivity contribution in [3.63, 3.8) is 0 Å². The van der Waals surface area contributed by atoms with Crippen LogP contribution in [0.15, 0.2) is 48.5 Å². The molecule has 0 bridgehead atoms. The summed E-state index contributed by atoms with van der Waals surface area (Å²) in [5, 5.41) is 14.1. The molecule has 1 unspecified atom stereocenters.